The summed E-state index contributed by atoms with van der Waals surface area (Å²) in [5.74, 6) is 0.283. The zero-order valence-electron chi connectivity index (χ0n) is 13.5. The molecule has 0 aliphatic carbocycles. The molecular formula is C17H18ClFN2O4. The monoisotopic (exact) mass is 368 g/mol. The third kappa shape index (κ3) is 5.23. The highest BCUT2D eigenvalue weighted by Crippen LogP contribution is 2.28. The molecule has 8 heteroatoms. The van der Waals surface area contributed by atoms with Crippen molar-refractivity contribution in [3.63, 3.8) is 0 Å². The van der Waals surface area contributed by atoms with E-state index in [4.69, 9.17) is 26.2 Å². The Bertz CT molecular complexity index is 743. The zero-order valence-corrected chi connectivity index (χ0v) is 14.3. The Hall–Kier alpha value is -2.51. The van der Waals surface area contributed by atoms with Crippen molar-refractivity contribution in [3.05, 3.63) is 52.8 Å². The van der Waals surface area contributed by atoms with E-state index >= 15 is 0 Å². The molecule has 0 saturated carbocycles. The van der Waals surface area contributed by atoms with E-state index in [2.05, 4.69) is 10.6 Å². The number of hydrogen-bond acceptors (Lipinski definition) is 4. The summed E-state index contributed by atoms with van der Waals surface area (Å²) in [4.78, 5) is 11.9. The van der Waals surface area contributed by atoms with Gasteiger partial charge in [0.1, 0.15) is 6.61 Å². The van der Waals surface area contributed by atoms with Crippen molar-refractivity contribution >= 4 is 23.3 Å². The lowest BCUT2D eigenvalue weighted by molar-refractivity contribution is 0.196. The maximum absolute atomic E-state index is 13.7. The van der Waals surface area contributed by atoms with Crippen LogP contribution < -0.4 is 20.1 Å². The molecule has 2 aromatic carbocycles. The molecule has 0 spiro atoms. The van der Waals surface area contributed by atoms with Crippen LogP contribution in [0.3, 0.4) is 0 Å². The summed E-state index contributed by atoms with van der Waals surface area (Å²) in [6.45, 7) is 0.249. The Kier molecular flexibility index (Phi) is 6.85. The van der Waals surface area contributed by atoms with Gasteiger partial charge in [-0.2, -0.15) is 0 Å². The van der Waals surface area contributed by atoms with E-state index in [1.165, 1.54) is 25.3 Å². The van der Waals surface area contributed by atoms with Gasteiger partial charge in [0.25, 0.3) is 0 Å². The average Bonchev–Trinajstić information content (AvgIpc) is 2.62. The SMILES string of the molecule is COc1cc(CNC(=O)Nc2cccc(Cl)c2F)ccc1OCCO. The van der Waals surface area contributed by atoms with Gasteiger partial charge in [0.15, 0.2) is 17.3 Å². The van der Waals surface area contributed by atoms with Crippen LogP contribution in [0.15, 0.2) is 36.4 Å². The molecule has 2 rings (SSSR count). The molecule has 2 aromatic rings. The Morgan fingerprint density at radius 2 is 2.08 bits per heavy atom. The molecule has 0 saturated heterocycles. The maximum atomic E-state index is 13.7. The van der Waals surface area contributed by atoms with Crippen LogP contribution >= 0.6 is 11.6 Å². The maximum Gasteiger partial charge on any atom is 0.319 e. The number of carbonyl (C=O) groups is 1. The number of halogens is 2. The number of anilines is 1. The fourth-order valence-electron chi connectivity index (χ4n) is 2.05. The number of benzene rings is 2. The fourth-order valence-corrected chi connectivity index (χ4v) is 2.22. The largest absolute Gasteiger partial charge is 0.493 e. The van der Waals surface area contributed by atoms with Crippen molar-refractivity contribution in [1.29, 1.82) is 0 Å². The van der Waals surface area contributed by atoms with Gasteiger partial charge in [0.05, 0.1) is 24.4 Å². The van der Waals surface area contributed by atoms with E-state index in [1.54, 1.807) is 18.2 Å². The smallest absolute Gasteiger partial charge is 0.319 e. The second-order valence-electron chi connectivity index (χ2n) is 4.97. The zero-order chi connectivity index (χ0) is 18.2. The number of methoxy groups -OCH3 is 1. The second-order valence-corrected chi connectivity index (χ2v) is 5.37. The van der Waals surface area contributed by atoms with Crippen molar-refractivity contribution in [2.75, 3.05) is 25.6 Å². The molecule has 2 amide bonds. The summed E-state index contributed by atoms with van der Waals surface area (Å²) >= 11 is 5.67. The van der Waals surface area contributed by atoms with Crippen LogP contribution in [-0.2, 0) is 6.54 Å². The molecule has 0 bridgehead atoms. The highest BCUT2D eigenvalue weighted by Gasteiger charge is 2.10. The highest BCUT2D eigenvalue weighted by atomic mass is 35.5. The Morgan fingerprint density at radius 3 is 2.80 bits per heavy atom. The van der Waals surface area contributed by atoms with Crippen LogP contribution in [0.1, 0.15) is 5.56 Å². The Balaban J connectivity index is 1.96. The molecular weight excluding hydrogens is 351 g/mol. The molecule has 0 heterocycles. The minimum Gasteiger partial charge on any atom is -0.493 e. The van der Waals surface area contributed by atoms with Crippen molar-refractivity contribution in [3.8, 4) is 11.5 Å². The van der Waals surface area contributed by atoms with Gasteiger partial charge >= 0.3 is 6.03 Å². The number of carbonyl (C=O) groups excluding carboxylic acids is 1. The molecule has 134 valence electrons. The Labute approximate surface area is 149 Å². The third-order valence-corrected chi connectivity index (χ3v) is 3.52. The lowest BCUT2D eigenvalue weighted by Gasteiger charge is -2.12. The second kappa shape index (κ2) is 9.10. The molecule has 6 nitrogen and oxygen atoms in total. The molecule has 25 heavy (non-hydrogen) atoms. The van der Waals surface area contributed by atoms with Gasteiger partial charge in [-0.05, 0) is 29.8 Å². The van der Waals surface area contributed by atoms with Crippen molar-refractivity contribution in [1.82, 2.24) is 5.32 Å². The van der Waals surface area contributed by atoms with E-state index in [-0.39, 0.29) is 30.5 Å². The van der Waals surface area contributed by atoms with Gasteiger partial charge in [-0.3, -0.25) is 0 Å². The Morgan fingerprint density at radius 1 is 1.28 bits per heavy atom. The summed E-state index contributed by atoms with van der Waals surface area (Å²) < 4.78 is 24.3. The molecule has 0 aliphatic rings. The molecule has 0 atom stereocenters. The number of ether oxygens (including phenoxy) is 2. The summed E-state index contributed by atoms with van der Waals surface area (Å²) in [6.07, 6.45) is 0. The number of hydrogen-bond donors (Lipinski definition) is 3. The van der Waals surface area contributed by atoms with Gasteiger partial charge in [-0.25, -0.2) is 9.18 Å². The standard InChI is InChI=1S/C17H18ClFN2O4/c1-24-15-9-11(5-6-14(15)25-8-7-22)10-20-17(23)21-13-4-2-3-12(18)16(13)19/h2-6,9,22H,7-8,10H2,1H3,(H2,20,21,23). The first-order valence-electron chi connectivity index (χ1n) is 7.44. The number of amides is 2. The number of aliphatic hydroxyl groups is 1. The quantitative estimate of drug-likeness (QED) is 0.701. The van der Waals surface area contributed by atoms with E-state index in [9.17, 15) is 9.18 Å². The fraction of sp³-hybridized carbons (Fsp3) is 0.235. The van der Waals surface area contributed by atoms with Gasteiger partial charge < -0.3 is 25.2 Å². The predicted octanol–water partition coefficient (Wildman–Crippen LogP) is 3.18. The topological polar surface area (TPSA) is 79.8 Å². The number of rotatable bonds is 7. The molecule has 0 fully saturated rings. The minimum atomic E-state index is -0.689. The van der Waals surface area contributed by atoms with Crippen molar-refractivity contribution in [2.45, 2.75) is 6.54 Å². The van der Waals surface area contributed by atoms with Crippen LogP contribution in [0.5, 0.6) is 11.5 Å². The van der Waals surface area contributed by atoms with Gasteiger partial charge in [0, 0.05) is 6.54 Å². The number of aliphatic hydroxyl groups excluding tert-OH is 1. The van der Waals surface area contributed by atoms with E-state index < -0.39 is 11.8 Å². The highest BCUT2D eigenvalue weighted by molar-refractivity contribution is 6.31. The van der Waals surface area contributed by atoms with Gasteiger partial charge in [-0.1, -0.05) is 23.7 Å². The van der Waals surface area contributed by atoms with E-state index in [0.29, 0.717) is 11.5 Å². The summed E-state index contributed by atoms with van der Waals surface area (Å²) in [7, 11) is 1.49. The summed E-state index contributed by atoms with van der Waals surface area (Å²) in [5, 5.41) is 13.7. The van der Waals surface area contributed by atoms with Crippen LogP contribution in [0.4, 0.5) is 14.9 Å². The van der Waals surface area contributed by atoms with E-state index in [0.717, 1.165) is 5.56 Å². The van der Waals surface area contributed by atoms with Crippen LogP contribution in [0, 0.1) is 5.82 Å². The van der Waals surface area contributed by atoms with Crippen molar-refractivity contribution in [2.24, 2.45) is 0 Å². The number of nitrogens with one attached hydrogen (secondary N) is 2. The molecule has 0 unspecified atom stereocenters. The minimum absolute atomic E-state index is 0.00432. The molecule has 0 aromatic heterocycles. The predicted molar refractivity (Wildman–Crippen MR) is 92.8 cm³/mol. The van der Waals surface area contributed by atoms with Crippen molar-refractivity contribution < 1.29 is 23.8 Å². The first kappa shape index (κ1) is 18.8. The van der Waals surface area contributed by atoms with Crippen LogP contribution in [0.25, 0.3) is 0 Å². The van der Waals surface area contributed by atoms with Gasteiger partial charge in [-0.15, -0.1) is 0 Å². The summed E-state index contributed by atoms with van der Waals surface area (Å²) in [5.41, 5.74) is 0.755. The van der Waals surface area contributed by atoms with E-state index in [1.807, 2.05) is 0 Å². The first-order chi connectivity index (χ1) is 12.0. The lowest BCUT2D eigenvalue weighted by atomic mass is 10.2. The molecule has 0 aliphatic heterocycles. The third-order valence-electron chi connectivity index (χ3n) is 3.23. The van der Waals surface area contributed by atoms with Crippen LogP contribution in [0.2, 0.25) is 5.02 Å². The molecule has 3 N–H and O–H groups in total. The molecule has 0 radical (unpaired) electrons. The average molecular weight is 369 g/mol. The van der Waals surface area contributed by atoms with Crippen LogP contribution in [-0.4, -0.2) is 31.5 Å². The van der Waals surface area contributed by atoms with Gasteiger partial charge in [0.2, 0.25) is 0 Å². The lowest BCUT2D eigenvalue weighted by Crippen LogP contribution is -2.28. The number of urea groups is 1. The summed E-state index contributed by atoms with van der Waals surface area (Å²) in [6, 6.07) is 8.91. The normalized spacial score (nSPS) is 10.2. The first-order valence-corrected chi connectivity index (χ1v) is 7.82.